The normalized spacial score (nSPS) is 11.8. The second-order valence-electron chi connectivity index (χ2n) is 4.70. The van der Waals surface area contributed by atoms with Gasteiger partial charge in [-0.05, 0) is 41.2 Å². The maximum atomic E-state index is 9.77. The van der Waals surface area contributed by atoms with E-state index in [1.165, 1.54) is 0 Å². The molecule has 0 radical (unpaired) electrons. The third kappa shape index (κ3) is 2.07. The van der Waals surface area contributed by atoms with Gasteiger partial charge >= 0.3 is 0 Å². The van der Waals surface area contributed by atoms with Crippen LogP contribution in [-0.4, -0.2) is 10.2 Å². The first-order valence-corrected chi connectivity index (χ1v) is 4.80. The van der Waals surface area contributed by atoms with Gasteiger partial charge in [-0.25, -0.2) is 0 Å². The molecular formula is C12H18O2. The van der Waals surface area contributed by atoms with Crippen molar-refractivity contribution in [1.82, 2.24) is 0 Å². The summed E-state index contributed by atoms with van der Waals surface area (Å²) in [6.07, 6.45) is 0. The monoisotopic (exact) mass is 194 g/mol. The number of phenolic OH excluding ortho intramolecular Hbond substituents is 1. The van der Waals surface area contributed by atoms with Gasteiger partial charge in [-0.1, -0.05) is 20.8 Å². The van der Waals surface area contributed by atoms with E-state index in [0.717, 1.165) is 16.7 Å². The largest absolute Gasteiger partial charge is 0.508 e. The molecule has 0 saturated carbocycles. The molecule has 2 nitrogen and oxygen atoms in total. The average molecular weight is 194 g/mol. The van der Waals surface area contributed by atoms with Crippen molar-refractivity contribution in [2.45, 2.75) is 39.7 Å². The van der Waals surface area contributed by atoms with Gasteiger partial charge in [0.25, 0.3) is 0 Å². The third-order valence-corrected chi connectivity index (χ3v) is 2.43. The fourth-order valence-electron chi connectivity index (χ4n) is 1.51. The van der Waals surface area contributed by atoms with Crippen LogP contribution in [0.5, 0.6) is 5.75 Å². The molecule has 1 rings (SSSR count). The Bertz CT molecular complexity index is 335. The van der Waals surface area contributed by atoms with Crippen molar-refractivity contribution < 1.29 is 10.2 Å². The molecule has 0 heterocycles. The Morgan fingerprint density at radius 3 is 2.21 bits per heavy atom. The molecule has 2 heteroatoms. The lowest BCUT2D eigenvalue weighted by Crippen LogP contribution is -2.12. The number of phenols is 1. The Balaban J connectivity index is 3.32. The van der Waals surface area contributed by atoms with Gasteiger partial charge in [0.15, 0.2) is 0 Å². The molecule has 2 N–H and O–H groups in total. The van der Waals surface area contributed by atoms with Gasteiger partial charge in [0, 0.05) is 0 Å². The van der Waals surface area contributed by atoms with Gasteiger partial charge < -0.3 is 10.2 Å². The highest BCUT2D eigenvalue weighted by Crippen LogP contribution is 2.32. The first-order valence-electron chi connectivity index (χ1n) is 4.80. The van der Waals surface area contributed by atoms with E-state index in [9.17, 15) is 5.11 Å². The number of aliphatic hydroxyl groups is 1. The van der Waals surface area contributed by atoms with Crippen molar-refractivity contribution in [3.05, 3.63) is 28.8 Å². The minimum absolute atomic E-state index is 0.0230. The standard InChI is InChI=1S/C12H18O2/c1-8-5-11(14)10(12(2,3)4)6-9(8)7-13/h5-6,13-14H,7H2,1-4H3. The van der Waals surface area contributed by atoms with Crippen LogP contribution in [0.15, 0.2) is 12.1 Å². The van der Waals surface area contributed by atoms with Crippen LogP contribution in [0, 0.1) is 6.92 Å². The number of aliphatic hydroxyl groups excluding tert-OH is 1. The molecule has 0 saturated heterocycles. The van der Waals surface area contributed by atoms with Crippen molar-refractivity contribution in [3.8, 4) is 5.75 Å². The summed E-state index contributed by atoms with van der Waals surface area (Å²) in [6.45, 7) is 8.03. The van der Waals surface area contributed by atoms with Crippen LogP contribution < -0.4 is 0 Å². The van der Waals surface area contributed by atoms with E-state index >= 15 is 0 Å². The summed E-state index contributed by atoms with van der Waals surface area (Å²) in [5.74, 6) is 0.312. The molecule has 0 fully saturated rings. The number of rotatable bonds is 1. The van der Waals surface area contributed by atoms with Crippen LogP contribution in [0.3, 0.4) is 0 Å². The van der Waals surface area contributed by atoms with E-state index in [4.69, 9.17) is 5.11 Å². The number of hydrogen-bond donors (Lipinski definition) is 2. The predicted molar refractivity (Wildman–Crippen MR) is 57.5 cm³/mol. The highest BCUT2D eigenvalue weighted by Gasteiger charge is 2.19. The maximum Gasteiger partial charge on any atom is 0.119 e. The van der Waals surface area contributed by atoms with E-state index < -0.39 is 0 Å². The number of aromatic hydroxyl groups is 1. The summed E-state index contributed by atoms with van der Waals surface area (Å²) in [6, 6.07) is 3.59. The summed E-state index contributed by atoms with van der Waals surface area (Å²) < 4.78 is 0. The zero-order valence-electron chi connectivity index (χ0n) is 9.26. The molecule has 0 atom stereocenters. The van der Waals surface area contributed by atoms with Crippen LogP contribution in [0.25, 0.3) is 0 Å². The Kier molecular flexibility index (Phi) is 2.86. The summed E-state index contributed by atoms with van der Waals surface area (Å²) in [7, 11) is 0. The summed E-state index contributed by atoms with van der Waals surface area (Å²) in [5.41, 5.74) is 2.60. The molecule has 0 spiro atoms. The summed E-state index contributed by atoms with van der Waals surface area (Å²) in [5, 5.41) is 18.9. The molecule has 0 aliphatic rings. The van der Waals surface area contributed by atoms with Gasteiger partial charge in [0.2, 0.25) is 0 Å². The van der Waals surface area contributed by atoms with Crippen molar-refractivity contribution in [2.24, 2.45) is 0 Å². The molecule has 0 aliphatic carbocycles. The lowest BCUT2D eigenvalue weighted by Gasteiger charge is -2.22. The number of hydrogen-bond acceptors (Lipinski definition) is 2. The molecule has 78 valence electrons. The Hall–Kier alpha value is -1.02. The lowest BCUT2D eigenvalue weighted by atomic mass is 9.84. The van der Waals surface area contributed by atoms with Gasteiger partial charge in [-0.15, -0.1) is 0 Å². The van der Waals surface area contributed by atoms with Gasteiger partial charge in [0.1, 0.15) is 5.75 Å². The van der Waals surface area contributed by atoms with E-state index in [-0.39, 0.29) is 12.0 Å². The molecule has 1 aromatic rings. The van der Waals surface area contributed by atoms with Crippen LogP contribution in [-0.2, 0) is 12.0 Å². The first-order chi connectivity index (χ1) is 6.36. The molecule has 1 aromatic carbocycles. The highest BCUT2D eigenvalue weighted by atomic mass is 16.3. The zero-order chi connectivity index (χ0) is 10.9. The Morgan fingerprint density at radius 2 is 1.79 bits per heavy atom. The first kappa shape index (κ1) is 11.1. The second kappa shape index (κ2) is 3.62. The molecule has 0 bridgehead atoms. The minimum Gasteiger partial charge on any atom is -0.508 e. The number of benzene rings is 1. The quantitative estimate of drug-likeness (QED) is 0.721. The maximum absolute atomic E-state index is 9.77. The highest BCUT2D eigenvalue weighted by molar-refractivity contribution is 5.44. The van der Waals surface area contributed by atoms with Crippen molar-refractivity contribution in [3.63, 3.8) is 0 Å². The Morgan fingerprint density at radius 1 is 1.21 bits per heavy atom. The van der Waals surface area contributed by atoms with Crippen LogP contribution in [0.1, 0.15) is 37.5 Å². The average Bonchev–Trinajstić information content (AvgIpc) is 2.02. The summed E-state index contributed by atoms with van der Waals surface area (Å²) >= 11 is 0. The SMILES string of the molecule is Cc1cc(O)c(C(C)(C)C)cc1CO. The molecular weight excluding hydrogens is 176 g/mol. The van der Waals surface area contributed by atoms with Crippen molar-refractivity contribution in [2.75, 3.05) is 0 Å². The molecule has 0 aromatic heterocycles. The van der Waals surface area contributed by atoms with Gasteiger partial charge in [0.05, 0.1) is 6.61 Å². The van der Waals surface area contributed by atoms with E-state index in [1.54, 1.807) is 6.07 Å². The van der Waals surface area contributed by atoms with Crippen LogP contribution in [0.2, 0.25) is 0 Å². The van der Waals surface area contributed by atoms with Crippen LogP contribution >= 0.6 is 0 Å². The lowest BCUT2D eigenvalue weighted by molar-refractivity contribution is 0.280. The van der Waals surface area contributed by atoms with Crippen LogP contribution in [0.4, 0.5) is 0 Å². The van der Waals surface area contributed by atoms with Gasteiger partial charge in [-0.2, -0.15) is 0 Å². The van der Waals surface area contributed by atoms with E-state index in [2.05, 4.69) is 0 Å². The number of aryl methyl sites for hydroxylation is 1. The molecule has 0 unspecified atom stereocenters. The Labute approximate surface area is 85.2 Å². The van der Waals surface area contributed by atoms with E-state index in [0.29, 0.717) is 5.75 Å². The topological polar surface area (TPSA) is 40.5 Å². The zero-order valence-corrected chi connectivity index (χ0v) is 9.26. The van der Waals surface area contributed by atoms with Crippen molar-refractivity contribution in [1.29, 1.82) is 0 Å². The third-order valence-electron chi connectivity index (χ3n) is 2.43. The molecule has 0 amide bonds. The molecule has 14 heavy (non-hydrogen) atoms. The fourth-order valence-corrected chi connectivity index (χ4v) is 1.51. The summed E-state index contributed by atoms with van der Waals surface area (Å²) in [4.78, 5) is 0. The smallest absolute Gasteiger partial charge is 0.119 e. The minimum atomic E-state index is -0.0955. The van der Waals surface area contributed by atoms with E-state index in [1.807, 2.05) is 33.8 Å². The second-order valence-corrected chi connectivity index (χ2v) is 4.70. The van der Waals surface area contributed by atoms with Crippen molar-refractivity contribution >= 4 is 0 Å². The van der Waals surface area contributed by atoms with Gasteiger partial charge in [-0.3, -0.25) is 0 Å². The predicted octanol–water partition coefficient (Wildman–Crippen LogP) is 2.49. The fraction of sp³-hybridized carbons (Fsp3) is 0.500. The molecule has 0 aliphatic heterocycles.